The second-order valence-corrected chi connectivity index (χ2v) is 7.94. The summed E-state index contributed by atoms with van der Waals surface area (Å²) in [7, 11) is 0. The van der Waals surface area contributed by atoms with Crippen molar-refractivity contribution in [3.63, 3.8) is 0 Å². The molecule has 31 heavy (non-hydrogen) atoms. The molecule has 1 heterocycles. The van der Waals surface area contributed by atoms with Crippen molar-refractivity contribution >= 4 is 33.6 Å². The van der Waals surface area contributed by atoms with Gasteiger partial charge in [0, 0.05) is 28.4 Å². The van der Waals surface area contributed by atoms with Crippen LogP contribution < -0.4 is 11.5 Å². The first-order chi connectivity index (χ1) is 15.0. The van der Waals surface area contributed by atoms with Gasteiger partial charge >= 0.3 is 0 Å². The van der Waals surface area contributed by atoms with E-state index in [4.69, 9.17) is 11.5 Å². The van der Waals surface area contributed by atoms with Crippen LogP contribution in [0.5, 0.6) is 0 Å². The Labute approximate surface area is 181 Å². The lowest BCUT2D eigenvalue weighted by Gasteiger charge is -2.10. The second-order valence-electron chi connectivity index (χ2n) is 7.94. The number of aromatic nitrogens is 1. The van der Waals surface area contributed by atoms with Crippen LogP contribution in [0.4, 0.5) is 0 Å². The number of carbonyl (C=O) groups is 2. The monoisotopic (exact) mass is 412 g/mol. The summed E-state index contributed by atoms with van der Waals surface area (Å²) >= 11 is 0. The van der Waals surface area contributed by atoms with Gasteiger partial charge in [-0.05, 0) is 60.4 Å². The summed E-state index contributed by atoms with van der Waals surface area (Å²) in [5.41, 5.74) is 16.2. The average Bonchev–Trinajstić information content (AvgIpc) is 3.07. The lowest BCUT2D eigenvalue weighted by atomic mass is 10.0. The molecule has 0 saturated carbocycles. The van der Waals surface area contributed by atoms with E-state index in [-0.39, 0.29) is 0 Å². The van der Waals surface area contributed by atoms with Crippen molar-refractivity contribution in [3.05, 3.63) is 82.9 Å². The Morgan fingerprint density at radius 3 is 2.48 bits per heavy atom. The van der Waals surface area contributed by atoms with Gasteiger partial charge in [-0.1, -0.05) is 44.0 Å². The molecule has 5 nitrogen and oxygen atoms in total. The van der Waals surface area contributed by atoms with Crippen LogP contribution in [0, 0.1) is 6.07 Å². The zero-order chi connectivity index (χ0) is 22.0. The van der Waals surface area contributed by atoms with Crippen molar-refractivity contribution in [2.75, 3.05) is 0 Å². The first-order valence-electron chi connectivity index (χ1n) is 10.6. The number of carbonyl (C=O) groups excluding carboxylic acids is 2. The summed E-state index contributed by atoms with van der Waals surface area (Å²) in [6.07, 6.45) is 4.47. The number of benzene rings is 3. The minimum atomic E-state index is -0.458. The van der Waals surface area contributed by atoms with Gasteiger partial charge in [-0.25, -0.2) is 0 Å². The molecular weight excluding hydrogens is 386 g/mol. The lowest BCUT2D eigenvalue weighted by Crippen LogP contribution is -2.12. The Bertz CT molecular complexity index is 1290. The van der Waals surface area contributed by atoms with E-state index in [9.17, 15) is 9.59 Å². The highest BCUT2D eigenvalue weighted by atomic mass is 16.1. The third kappa shape index (κ3) is 4.04. The Hall–Kier alpha value is -3.60. The molecule has 4 N–H and O–H groups in total. The molecule has 1 radical (unpaired) electrons. The van der Waals surface area contributed by atoms with Gasteiger partial charge in [0.05, 0.1) is 11.0 Å². The predicted molar refractivity (Wildman–Crippen MR) is 124 cm³/mol. The quantitative estimate of drug-likeness (QED) is 0.415. The zero-order valence-electron chi connectivity index (χ0n) is 17.7. The summed E-state index contributed by atoms with van der Waals surface area (Å²) in [5.74, 6) is -0.910. The van der Waals surface area contributed by atoms with Crippen LogP contribution in [0.3, 0.4) is 0 Å². The Kier molecular flexibility index (Phi) is 5.76. The van der Waals surface area contributed by atoms with Crippen LogP contribution in [0.1, 0.15) is 58.0 Å². The van der Waals surface area contributed by atoms with Crippen molar-refractivity contribution in [2.45, 2.75) is 39.2 Å². The van der Waals surface area contributed by atoms with Crippen molar-refractivity contribution in [1.82, 2.24) is 4.57 Å². The maximum Gasteiger partial charge on any atom is 0.249 e. The number of unbranched alkanes of at least 4 members (excludes halogenated alkanes) is 2. The van der Waals surface area contributed by atoms with Crippen molar-refractivity contribution in [3.8, 4) is 0 Å². The molecule has 2 amide bonds. The van der Waals surface area contributed by atoms with Gasteiger partial charge in [0.15, 0.2) is 0 Å². The molecule has 4 rings (SSSR count). The molecule has 0 bridgehead atoms. The number of nitrogens with zero attached hydrogens (tertiary/aromatic N) is 1. The molecule has 0 atom stereocenters. The summed E-state index contributed by atoms with van der Waals surface area (Å²) in [6, 6.07) is 20.5. The molecular formula is C26H26N3O2. The summed E-state index contributed by atoms with van der Waals surface area (Å²) in [6.45, 7) is 2.73. The van der Waals surface area contributed by atoms with Gasteiger partial charge in [0.25, 0.3) is 0 Å². The molecule has 0 spiro atoms. The minimum Gasteiger partial charge on any atom is -0.366 e. The Balaban J connectivity index is 1.90. The number of fused-ring (bicyclic) bond motifs is 3. The van der Waals surface area contributed by atoms with E-state index in [0.717, 1.165) is 40.2 Å². The maximum atomic E-state index is 12.1. The normalized spacial score (nSPS) is 11.3. The van der Waals surface area contributed by atoms with Gasteiger partial charge in [-0.15, -0.1) is 0 Å². The largest absolute Gasteiger partial charge is 0.366 e. The van der Waals surface area contributed by atoms with Crippen molar-refractivity contribution < 1.29 is 9.59 Å². The van der Waals surface area contributed by atoms with Gasteiger partial charge in [0.1, 0.15) is 0 Å². The summed E-state index contributed by atoms with van der Waals surface area (Å²) < 4.78 is 2.16. The molecule has 1 aromatic heterocycles. The topological polar surface area (TPSA) is 91.1 Å². The highest BCUT2D eigenvalue weighted by molar-refractivity contribution is 6.17. The van der Waals surface area contributed by atoms with Crippen molar-refractivity contribution in [2.24, 2.45) is 11.5 Å². The first-order valence-corrected chi connectivity index (χ1v) is 10.6. The molecule has 0 unspecified atom stereocenters. The smallest absolute Gasteiger partial charge is 0.249 e. The van der Waals surface area contributed by atoms with Gasteiger partial charge in [-0.2, -0.15) is 0 Å². The SMILES string of the molecule is CCCCCc1c[c]c2c3c(C(N)=O)cccc3n(Cc3cccc(C(N)=O)c3)c2c1. The molecule has 0 aliphatic heterocycles. The summed E-state index contributed by atoms with van der Waals surface area (Å²) in [4.78, 5) is 23.8. The highest BCUT2D eigenvalue weighted by Crippen LogP contribution is 2.33. The fourth-order valence-corrected chi connectivity index (χ4v) is 4.20. The van der Waals surface area contributed by atoms with Crippen LogP contribution >= 0.6 is 0 Å². The number of rotatable bonds is 8. The molecule has 0 fully saturated rings. The van der Waals surface area contributed by atoms with Crippen LogP contribution in [-0.2, 0) is 13.0 Å². The van der Waals surface area contributed by atoms with Crippen LogP contribution in [-0.4, -0.2) is 16.4 Å². The van der Waals surface area contributed by atoms with Gasteiger partial charge in [0.2, 0.25) is 11.8 Å². The molecule has 0 aliphatic rings. The fourth-order valence-electron chi connectivity index (χ4n) is 4.20. The second kappa shape index (κ2) is 8.64. The number of hydrogen-bond donors (Lipinski definition) is 2. The Morgan fingerprint density at radius 2 is 1.74 bits per heavy atom. The number of nitrogens with two attached hydrogens (primary N) is 2. The molecule has 157 valence electrons. The number of aryl methyl sites for hydroxylation is 1. The molecule has 5 heteroatoms. The van der Waals surface area contributed by atoms with E-state index in [2.05, 4.69) is 23.6 Å². The van der Waals surface area contributed by atoms with Crippen LogP contribution in [0.15, 0.2) is 54.6 Å². The van der Waals surface area contributed by atoms with Crippen LogP contribution in [0.25, 0.3) is 21.8 Å². The minimum absolute atomic E-state index is 0.452. The number of hydrogen-bond acceptors (Lipinski definition) is 2. The van der Waals surface area contributed by atoms with E-state index in [0.29, 0.717) is 17.7 Å². The van der Waals surface area contributed by atoms with Crippen LogP contribution in [0.2, 0.25) is 0 Å². The molecule has 4 aromatic rings. The number of primary amides is 2. The molecule has 0 aliphatic carbocycles. The summed E-state index contributed by atoms with van der Waals surface area (Å²) in [5, 5.41) is 1.70. The maximum absolute atomic E-state index is 12.1. The van der Waals surface area contributed by atoms with Crippen molar-refractivity contribution in [1.29, 1.82) is 0 Å². The predicted octanol–water partition coefficient (Wildman–Crippen LogP) is 4.57. The third-order valence-electron chi connectivity index (χ3n) is 5.74. The van der Waals surface area contributed by atoms with E-state index in [1.54, 1.807) is 12.1 Å². The average molecular weight is 413 g/mol. The van der Waals surface area contributed by atoms with E-state index < -0.39 is 11.8 Å². The molecule has 0 saturated heterocycles. The standard InChI is InChI=1S/C26H26N3O2/c1-2-3-4-7-17-12-13-20-23(15-17)29(16-18-8-5-9-19(14-18)25(27)30)22-11-6-10-21(24(20)22)26(28)31/h5-6,8-12,14-15H,2-4,7,16H2,1H3,(H2,27,30)(H2,28,31). The third-order valence-corrected chi connectivity index (χ3v) is 5.74. The van der Waals surface area contributed by atoms with Gasteiger partial charge < -0.3 is 16.0 Å². The van der Waals surface area contributed by atoms with E-state index in [1.807, 2.05) is 36.4 Å². The van der Waals surface area contributed by atoms with E-state index >= 15 is 0 Å². The Morgan fingerprint density at radius 1 is 0.935 bits per heavy atom. The first kappa shape index (κ1) is 20.7. The molecule has 3 aromatic carbocycles. The lowest BCUT2D eigenvalue weighted by molar-refractivity contribution is 0.0992. The zero-order valence-corrected chi connectivity index (χ0v) is 17.7. The number of amides is 2. The van der Waals surface area contributed by atoms with E-state index in [1.165, 1.54) is 18.4 Å². The highest BCUT2D eigenvalue weighted by Gasteiger charge is 2.17. The fraction of sp³-hybridized carbons (Fsp3) is 0.231. The van der Waals surface area contributed by atoms with Gasteiger partial charge in [-0.3, -0.25) is 9.59 Å².